The maximum absolute atomic E-state index is 10.8. The lowest BCUT2D eigenvalue weighted by Gasteiger charge is -2.11. The number of hydrogen-bond acceptors (Lipinski definition) is 4. The van der Waals surface area contributed by atoms with Crippen molar-refractivity contribution < 1.29 is 9.90 Å². The van der Waals surface area contributed by atoms with Crippen molar-refractivity contribution in [3.8, 4) is 0 Å². The Morgan fingerprint density at radius 2 is 1.95 bits per heavy atom. The van der Waals surface area contributed by atoms with Gasteiger partial charge in [-0.3, -0.25) is 9.20 Å². The van der Waals surface area contributed by atoms with E-state index in [1.807, 2.05) is 10.5 Å². The SMILES string of the molecule is Cc1cc(C)c2c(c1)c(C)cc1nnc(SCC(=O)O)n12. The minimum atomic E-state index is -0.860. The standard InChI is InChI=1S/C15H15N3O2S/c1-8-4-10(3)14-11(5-8)9(2)6-12-16-17-15(18(12)14)21-7-13(19)20/h4-6H,7H2,1-3H3,(H,19,20). The number of carboxylic acid groups (broad SMARTS) is 1. The van der Waals surface area contributed by atoms with Gasteiger partial charge in [0.2, 0.25) is 0 Å². The van der Waals surface area contributed by atoms with Crippen molar-refractivity contribution in [1.29, 1.82) is 0 Å². The number of pyridine rings is 1. The average Bonchev–Trinajstić information content (AvgIpc) is 2.79. The van der Waals surface area contributed by atoms with Gasteiger partial charge in [-0.05, 0) is 44.0 Å². The summed E-state index contributed by atoms with van der Waals surface area (Å²) in [6, 6.07) is 6.24. The Balaban J connectivity index is 2.34. The Labute approximate surface area is 126 Å². The van der Waals surface area contributed by atoms with Crippen molar-refractivity contribution in [1.82, 2.24) is 14.6 Å². The molecule has 2 heterocycles. The van der Waals surface area contributed by atoms with Crippen molar-refractivity contribution >= 4 is 34.3 Å². The molecule has 0 atom stereocenters. The highest BCUT2D eigenvalue weighted by atomic mass is 32.2. The van der Waals surface area contributed by atoms with Crippen LogP contribution < -0.4 is 0 Å². The summed E-state index contributed by atoms with van der Waals surface area (Å²) in [6.07, 6.45) is 0. The molecule has 5 nitrogen and oxygen atoms in total. The molecule has 3 aromatic rings. The highest BCUT2D eigenvalue weighted by Gasteiger charge is 2.14. The second-order valence-electron chi connectivity index (χ2n) is 5.16. The van der Waals surface area contributed by atoms with Crippen LogP contribution >= 0.6 is 11.8 Å². The quantitative estimate of drug-likeness (QED) is 0.753. The summed E-state index contributed by atoms with van der Waals surface area (Å²) < 4.78 is 1.95. The van der Waals surface area contributed by atoms with E-state index in [4.69, 9.17) is 5.11 Å². The lowest BCUT2D eigenvalue weighted by Crippen LogP contribution is -2.01. The lowest BCUT2D eigenvalue weighted by molar-refractivity contribution is -0.133. The van der Waals surface area contributed by atoms with Crippen molar-refractivity contribution in [2.75, 3.05) is 5.75 Å². The van der Waals surface area contributed by atoms with Crippen LogP contribution in [-0.2, 0) is 4.79 Å². The molecule has 1 N–H and O–H groups in total. The zero-order chi connectivity index (χ0) is 15.1. The van der Waals surface area contributed by atoms with Crippen molar-refractivity contribution in [3.63, 3.8) is 0 Å². The van der Waals surface area contributed by atoms with Crippen LogP contribution in [0.2, 0.25) is 0 Å². The highest BCUT2D eigenvalue weighted by molar-refractivity contribution is 7.99. The minimum Gasteiger partial charge on any atom is -0.481 e. The van der Waals surface area contributed by atoms with Crippen LogP contribution in [0.4, 0.5) is 0 Å². The number of aryl methyl sites for hydroxylation is 3. The number of nitrogens with zero attached hydrogens (tertiary/aromatic N) is 3. The van der Waals surface area contributed by atoms with Crippen LogP contribution in [0.1, 0.15) is 16.7 Å². The van der Waals surface area contributed by atoms with Gasteiger partial charge < -0.3 is 5.11 Å². The molecular weight excluding hydrogens is 286 g/mol. The van der Waals surface area contributed by atoms with Crippen molar-refractivity contribution in [3.05, 3.63) is 34.9 Å². The monoisotopic (exact) mass is 301 g/mol. The summed E-state index contributed by atoms with van der Waals surface area (Å²) >= 11 is 1.19. The smallest absolute Gasteiger partial charge is 0.313 e. The van der Waals surface area contributed by atoms with Crippen LogP contribution in [0.15, 0.2) is 23.4 Å². The number of aliphatic carboxylic acids is 1. The van der Waals surface area contributed by atoms with Gasteiger partial charge in [0.15, 0.2) is 10.8 Å². The third-order valence-electron chi connectivity index (χ3n) is 3.42. The molecule has 0 aliphatic rings. The number of aromatic nitrogens is 3. The molecule has 0 unspecified atom stereocenters. The summed E-state index contributed by atoms with van der Waals surface area (Å²) in [5, 5.41) is 18.9. The maximum Gasteiger partial charge on any atom is 0.313 e. The van der Waals surface area contributed by atoms with E-state index in [9.17, 15) is 4.79 Å². The van der Waals surface area contributed by atoms with Gasteiger partial charge in [0.05, 0.1) is 11.3 Å². The third-order valence-corrected chi connectivity index (χ3v) is 4.34. The molecule has 0 aliphatic heterocycles. The molecule has 0 bridgehead atoms. The van der Waals surface area contributed by atoms with Gasteiger partial charge in [0.25, 0.3) is 0 Å². The number of rotatable bonds is 3. The van der Waals surface area contributed by atoms with E-state index in [-0.39, 0.29) is 5.75 Å². The fraction of sp³-hybridized carbons (Fsp3) is 0.267. The molecular formula is C15H15N3O2S. The normalized spacial score (nSPS) is 11.4. The molecule has 0 amide bonds. The second kappa shape index (κ2) is 5.04. The highest BCUT2D eigenvalue weighted by Crippen LogP contribution is 2.28. The largest absolute Gasteiger partial charge is 0.481 e. The first-order valence-corrected chi connectivity index (χ1v) is 7.56. The van der Waals surface area contributed by atoms with Crippen molar-refractivity contribution in [2.45, 2.75) is 25.9 Å². The van der Waals surface area contributed by atoms with E-state index in [0.717, 1.165) is 27.7 Å². The zero-order valence-corrected chi connectivity index (χ0v) is 12.9. The molecule has 2 aromatic heterocycles. The first kappa shape index (κ1) is 13.9. The molecule has 21 heavy (non-hydrogen) atoms. The summed E-state index contributed by atoms with van der Waals surface area (Å²) in [4.78, 5) is 10.8. The Morgan fingerprint density at radius 3 is 2.67 bits per heavy atom. The summed E-state index contributed by atoms with van der Waals surface area (Å²) in [5.74, 6) is -0.887. The fourth-order valence-corrected chi connectivity index (χ4v) is 3.30. The predicted octanol–water partition coefficient (Wildman–Crippen LogP) is 2.98. The van der Waals surface area contributed by atoms with Crippen LogP contribution in [0.25, 0.3) is 16.6 Å². The van der Waals surface area contributed by atoms with E-state index in [1.54, 1.807) is 0 Å². The van der Waals surface area contributed by atoms with Gasteiger partial charge in [-0.2, -0.15) is 0 Å². The predicted molar refractivity (Wildman–Crippen MR) is 83.1 cm³/mol. The van der Waals surface area contributed by atoms with Gasteiger partial charge in [-0.1, -0.05) is 23.4 Å². The molecule has 0 aliphatic carbocycles. The molecule has 6 heteroatoms. The third kappa shape index (κ3) is 2.35. The van der Waals surface area contributed by atoms with Gasteiger partial charge in [0, 0.05) is 5.39 Å². The van der Waals surface area contributed by atoms with Crippen LogP contribution in [0.5, 0.6) is 0 Å². The molecule has 108 valence electrons. The molecule has 0 saturated heterocycles. The first-order valence-electron chi connectivity index (χ1n) is 6.57. The van der Waals surface area contributed by atoms with Crippen LogP contribution in [0.3, 0.4) is 0 Å². The molecule has 0 fully saturated rings. The summed E-state index contributed by atoms with van der Waals surface area (Å²) in [7, 11) is 0. The second-order valence-corrected chi connectivity index (χ2v) is 6.11. The Kier molecular flexibility index (Phi) is 3.33. The zero-order valence-electron chi connectivity index (χ0n) is 12.0. The van der Waals surface area contributed by atoms with E-state index < -0.39 is 5.97 Å². The summed E-state index contributed by atoms with van der Waals surface area (Å²) in [5.41, 5.74) is 5.28. The topological polar surface area (TPSA) is 67.5 Å². The van der Waals surface area contributed by atoms with Gasteiger partial charge in [0.1, 0.15) is 0 Å². The number of hydrogen-bond donors (Lipinski definition) is 1. The van der Waals surface area contributed by atoms with Crippen LogP contribution in [0, 0.1) is 20.8 Å². The molecule has 0 saturated carbocycles. The van der Waals surface area contributed by atoms with Gasteiger partial charge >= 0.3 is 5.97 Å². The average molecular weight is 301 g/mol. The number of benzene rings is 1. The Morgan fingerprint density at radius 1 is 1.19 bits per heavy atom. The molecule has 0 spiro atoms. The molecule has 0 radical (unpaired) electrons. The van der Waals surface area contributed by atoms with E-state index in [0.29, 0.717) is 5.16 Å². The maximum atomic E-state index is 10.8. The van der Waals surface area contributed by atoms with Gasteiger partial charge in [-0.15, -0.1) is 10.2 Å². The van der Waals surface area contributed by atoms with E-state index >= 15 is 0 Å². The Hall–Kier alpha value is -2.08. The van der Waals surface area contributed by atoms with Crippen molar-refractivity contribution in [2.24, 2.45) is 0 Å². The first-order chi connectivity index (χ1) is 9.97. The van der Waals surface area contributed by atoms with Gasteiger partial charge in [-0.25, -0.2) is 0 Å². The lowest BCUT2D eigenvalue weighted by atomic mass is 10.0. The van der Waals surface area contributed by atoms with E-state index in [2.05, 4.69) is 43.1 Å². The molecule has 1 aromatic carbocycles. The molecule has 3 rings (SSSR count). The number of fused-ring (bicyclic) bond motifs is 3. The minimum absolute atomic E-state index is 0.0267. The summed E-state index contributed by atoms with van der Waals surface area (Å²) in [6.45, 7) is 6.18. The number of thioether (sulfide) groups is 1. The number of carbonyl (C=O) groups is 1. The van der Waals surface area contributed by atoms with E-state index in [1.165, 1.54) is 17.3 Å². The fourth-order valence-electron chi connectivity index (χ4n) is 2.63. The number of carboxylic acids is 1. The Bertz CT molecular complexity index is 870. The van der Waals surface area contributed by atoms with Crippen LogP contribution in [-0.4, -0.2) is 31.4 Å².